The number of rotatable bonds is 4. The Morgan fingerprint density at radius 2 is 2.15 bits per heavy atom. The molecule has 0 amide bonds. The van der Waals surface area contributed by atoms with Crippen molar-refractivity contribution in [1.29, 1.82) is 0 Å². The van der Waals surface area contributed by atoms with Gasteiger partial charge in [-0.2, -0.15) is 0 Å². The van der Waals surface area contributed by atoms with Crippen molar-refractivity contribution in [2.45, 2.75) is 71.6 Å². The van der Waals surface area contributed by atoms with Gasteiger partial charge in [-0.25, -0.2) is 0 Å². The van der Waals surface area contributed by atoms with E-state index in [0.717, 1.165) is 25.9 Å². The van der Waals surface area contributed by atoms with Crippen LogP contribution in [0.25, 0.3) is 0 Å². The highest BCUT2D eigenvalue weighted by molar-refractivity contribution is 5.32. The number of hydrogen-bond donors (Lipinski definition) is 1. The molecule has 1 saturated heterocycles. The van der Waals surface area contributed by atoms with Gasteiger partial charge in [-0.3, -0.25) is 0 Å². The highest BCUT2D eigenvalue weighted by Gasteiger charge is 2.32. The summed E-state index contributed by atoms with van der Waals surface area (Å²) in [5.41, 5.74) is 4.19. The van der Waals surface area contributed by atoms with Crippen LogP contribution in [0.2, 0.25) is 0 Å². The zero-order chi connectivity index (χ0) is 14.8. The first kappa shape index (κ1) is 15.5. The van der Waals surface area contributed by atoms with Crippen LogP contribution in [0.1, 0.15) is 62.8 Å². The molecule has 3 atom stereocenters. The van der Waals surface area contributed by atoms with Crippen LogP contribution >= 0.6 is 0 Å². The second kappa shape index (κ2) is 6.28. The van der Waals surface area contributed by atoms with Gasteiger partial charge in [0.25, 0.3) is 0 Å². The number of ether oxygens (including phenoxy) is 1. The fraction of sp³-hybridized carbons (Fsp3) is 0.667. The molecule has 0 radical (unpaired) electrons. The predicted octanol–water partition coefficient (Wildman–Crippen LogP) is 4.30. The first-order valence-electron chi connectivity index (χ1n) is 7.90. The van der Waals surface area contributed by atoms with Crippen molar-refractivity contribution in [2.24, 2.45) is 0 Å². The Hall–Kier alpha value is -0.860. The molecular formula is C18H29NO. The molecule has 2 rings (SSSR count). The molecule has 0 saturated carbocycles. The number of aryl methyl sites for hydroxylation is 2. The van der Waals surface area contributed by atoms with Crippen LogP contribution in [-0.4, -0.2) is 18.2 Å². The Labute approximate surface area is 123 Å². The Bertz CT molecular complexity index is 457. The smallest absolute Gasteiger partial charge is 0.0666 e. The summed E-state index contributed by atoms with van der Waals surface area (Å²) in [6, 6.07) is 7.71. The van der Waals surface area contributed by atoms with Gasteiger partial charge >= 0.3 is 0 Å². The van der Waals surface area contributed by atoms with Gasteiger partial charge in [0, 0.05) is 18.7 Å². The van der Waals surface area contributed by atoms with Crippen molar-refractivity contribution < 1.29 is 4.74 Å². The van der Waals surface area contributed by atoms with E-state index >= 15 is 0 Å². The minimum absolute atomic E-state index is 0.0535. The van der Waals surface area contributed by atoms with E-state index in [2.05, 4.69) is 58.1 Å². The van der Waals surface area contributed by atoms with Gasteiger partial charge in [0.05, 0.1) is 5.60 Å². The number of nitrogens with one attached hydrogen (secondary N) is 1. The maximum atomic E-state index is 5.93. The molecule has 0 bridgehead atoms. The first-order chi connectivity index (χ1) is 9.43. The van der Waals surface area contributed by atoms with Crippen molar-refractivity contribution in [2.75, 3.05) is 6.61 Å². The van der Waals surface area contributed by atoms with E-state index in [-0.39, 0.29) is 5.60 Å². The molecule has 1 aliphatic heterocycles. The standard InChI is InChI=1S/C18H29NO/c1-6-18(5)12-16(9-10-20-18)19-15(4)17-8-7-13(2)11-14(17)3/h7-8,11,15-16,19H,6,9-10,12H2,1-5H3. The van der Waals surface area contributed by atoms with E-state index in [9.17, 15) is 0 Å². The Morgan fingerprint density at radius 3 is 2.80 bits per heavy atom. The van der Waals surface area contributed by atoms with Crippen molar-refractivity contribution in [1.82, 2.24) is 5.32 Å². The van der Waals surface area contributed by atoms with E-state index in [0.29, 0.717) is 12.1 Å². The summed E-state index contributed by atoms with van der Waals surface area (Å²) < 4.78 is 5.93. The normalized spacial score (nSPS) is 28.4. The van der Waals surface area contributed by atoms with E-state index in [1.165, 1.54) is 16.7 Å². The summed E-state index contributed by atoms with van der Waals surface area (Å²) >= 11 is 0. The van der Waals surface area contributed by atoms with Crippen molar-refractivity contribution in [3.8, 4) is 0 Å². The average molecular weight is 275 g/mol. The molecular weight excluding hydrogens is 246 g/mol. The second-order valence-electron chi connectivity index (χ2n) is 6.59. The molecule has 2 heteroatoms. The molecule has 2 nitrogen and oxygen atoms in total. The van der Waals surface area contributed by atoms with Crippen molar-refractivity contribution in [3.63, 3.8) is 0 Å². The van der Waals surface area contributed by atoms with Crippen LogP contribution in [0.4, 0.5) is 0 Å². The maximum Gasteiger partial charge on any atom is 0.0666 e. The zero-order valence-corrected chi connectivity index (χ0v) is 13.6. The summed E-state index contributed by atoms with van der Waals surface area (Å²) in [6.07, 6.45) is 3.31. The SMILES string of the molecule is CCC1(C)CC(NC(C)c2ccc(C)cc2C)CCO1. The minimum atomic E-state index is 0.0535. The maximum absolute atomic E-state index is 5.93. The Kier molecular flexibility index (Phi) is 4.87. The van der Waals surface area contributed by atoms with Gasteiger partial charge < -0.3 is 10.1 Å². The molecule has 1 aromatic rings. The quantitative estimate of drug-likeness (QED) is 0.884. The molecule has 1 heterocycles. The van der Waals surface area contributed by atoms with Gasteiger partial charge in [0.1, 0.15) is 0 Å². The van der Waals surface area contributed by atoms with Gasteiger partial charge in [-0.05, 0) is 58.1 Å². The average Bonchev–Trinajstić information content (AvgIpc) is 2.38. The van der Waals surface area contributed by atoms with E-state index < -0.39 is 0 Å². The van der Waals surface area contributed by atoms with E-state index in [4.69, 9.17) is 4.74 Å². The highest BCUT2D eigenvalue weighted by atomic mass is 16.5. The van der Waals surface area contributed by atoms with E-state index in [1.54, 1.807) is 0 Å². The fourth-order valence-corrected chi connectivity index (χ4v) is 3.27. The van der Waals surface area contributed by atoms with Crippen LogP contribution in [0.15, 0.2) is 18.2 Å². The van der Waals surface area contributed by atoms with Crippen LogP contribution in [0.3, 0.4) is 0 Å². The lowest BCUT2D eigenvalue weighted by molar-refractivity contribution is -0.0789. The molecule has 1 aliphatic rings. The molecule has 1 fully saturated rings. The third kappa shape index (κ3) is 3.62. The highest BCUT2D eigenvalue weighted by Crippen LogP contribution is 2.29. The number of hydrogen-bond acceptors (Lipinski definition) is 2. The number of benzene rings is 1. The molecule has 0 aromatic heterocycles. The lowest BCUT2D eigenvalue weighted by Crippen LogP contribution is -2.45. The molecule has 20 heavy (non-hydrogen) atoms. The summed E-state index contributed by atoms with van der Waals surface area (Å²) in [6.45, 7) is 12.0. The zero-order valence-electron chi connectivity index (χ0n) is 13.6. The van der Waals surface area contributed by atoms with Gasteiger partial charge in [0.15, 0.2) is 0 Å². The molecule has 0 spiro atoms. The third-order valence-corrected chi connectivity index (χ3v) is 4.72. The lowest BCUT2D eigenvalue weighted by atomic mass is 9.89. The van der Waals surface area contributed by atoms with Crippen LogP contribution in [0.5, 0.6) is 0 Å². The van der Waals surface area contributed by atoms with Gasteiger partial charge in [0.2, 0.25) is 0 Å². The fourth-order valence-electron chi connectivity index (χ4n) is 3.27. The molecule has 3 unspecified atom stereocenters. The lowest BCUT2D eigenvalue weighted by Gasteiger charge is -2.39. The summed E-state index contributed by atoms with van der Waals surface area (Å²) in [5.74, 6) is 0. The third-order valence-electron chi connectivity index (χ3n) is 4.72. The molecule has 112 valence electrons. The van der Waals surface area contributed by atoms with Crippen molar-refractivity contribution >= 4 is 0 Å². The second-order valence-corrected chi connectivity index (χ2v) is 6.59. The Balaban J connectivity index is 2.02. The topological polar surface area (TPSA) is 21.3 Å². The van der Waals surface area contributed by atoms with Crippen LogP contribution in [0, 0.1) is 13.8 Å². The van der Waals surface area contributed by atoms with Crippen molar-refractivity contribution in [3.05, 3.63) is 34.9 Å². The molecule has 0 aliphatic carbocycles. The largest absolute Gasteiger partial charge is 0.375 e. The van der Waals surface area contributed by atoms with E-state index in [1.807, 2.05) is 0 Å². The molecule has 1 aromatic carbocycles. The molecule has 1 N–H and O–H groups in total. The minimum Gasteiger partial charge on any atom is -0.375 e. The predicted molar refractivity (Wildman–Crippen MR) is 85.1 cm³/mol. The Morgan fingerprint density at radius 1 is 1.40 bits per heavy atom. The van der Waals surface area contributed by atoms with Gasteiger partial charge in [-0.15, -0.1) is 0 Å². The summed E-state index contributed by atoms with van der Waals surface area (Å²) in [5, 5.41) is 3.80. The monoisotopic (exact) mass is 275 g/mol. The van der Waals surface area contributed by atoms with Crippen LogP contribution in [-0.2, 0) is 4.74 Å². The van der Waals surface area contributed by atoms with Crippen LogP contribution < -0.4 is 5.32 Å². The van der Waals surface area contributed by atoms with Gasteiger partial charge in [-0.1, -0.05) is 30.7 Å². The summed E-state index contributed by atoms with van der Waals surface area (Å²) in [7, 11) is 0. The summed E-state index contributed by atoms with van der Waals surface area (Å²) in [4.78, 5) is 0. The first-order valence-corrected chi connectivity index (χ1v) is 7.90.